The Bertz CT molecular complexity index is 1080. The lowest BCUT2D eigenvalue weighted by Gasteiger charge is -2.23. The van der Waals surface area contributed by atoms with Crippen molar-refractivity contribution in [3.05, 3.63) is 95.6 Å². The highest BCUT2D eigenvalue weighted by Crippen LogP contribution is 2.22. The largest absolute Gasteiger partial charge is 0.448 e. The van der Waals surface area contributed by atoms with Gasteiger partial charge in [-0.15, -0.1) is 0 Å². The lowest BCUT2D eigenvalue weighted by atomic mass is 9.98. The molecule has 3 aromatic rings. The van der Waals surface area contributed by atoms with E-state index in [0.717, 1.165) is 16.0 Å². The molecule has 1 heterocycles. The van der Waals surface area contributed by atoms with Crippen molar-refractivity contribution in [1.82, 2.24) is 0 Å². The first-order chi connectivity index (χ1) is 14.1. The number of esters is 1. The van der Waals surface area contributed by atoms with E-state index < -0.39 is 22.9 Å². The third kappa shape index (κ3) is 4.43. The van der Waals surface area contributed by atoms with Crippen molar-refractivity contribution >= 4 is 28.4 Å². The maximum atomic E-state index is 12.6. The summed E-state index contributed by atoms with van der Waals surface area (Å²) < 4.78 is 17.8. The molecule has 1 N–H and O–H groups in total. The molecule has 1 amide bonds. The maximum Gasteiger partial charge on any atom is 0.339 e. The molecule has 1 aliphatic rings. The number of cyclic esters (lactones) is 1. The van der Waals surface area contributed by atoms with Crippen molar-refractivity contribution in [2.24, 2.45) is 0 Å². The summed E-state index contributed by atoms with van der Waals surface area (Å²) in [6.07, 6.45) is -0.537. The van der Waals surface area contributed by atoms with E-state index in [4.69, 9.17) is 4.74 Å². The Balaban J connectivity index is 1.44. The SMILES string of the molecule is O=C1O[C@@H](C(=O)Nc2cccc(C[S@@](=O)c3ccccc3)c2)Cc2ccccc21. The van der Waals surface area contributed by atoms with Crippen LogP contribution >= 0.6 is 0 Å². The molecule has 0 saturated carbocycles. The van der Waals surface area contributed by atoms with Gasteiger partial charge in [0.25, 0.3) is 5.91 Å². The predicted octanol–water partition coefficient (Wildman–Crippen LogP) is 3.71. The lowest BCUT2D eigenvalue weighted by Crippen LogP contribution is -2.37. The normalized spacial score (nSPS) is 16.4. The van der Waals surface area contributed by atoms with Gasteiger partial charge in [0, 0.05) is 17.0 Å². The van der Waals surface area contributed by atoms with E-state index in [-0.39, 0.29) is 5.91 Å². The number of anilines is 1. The van der Waals surface area contributed by atoms with Gasteiger partial charge in [-0.05, 0) is 41.5 Å². The molecule has 0 saturated heterocycles. The first kappa shape index (κ1) is 19.1. The molecule has 1 aliphatic heterocycles. The zero-order valence-electron chi connectivity index (χ0n) is 15.5. The van der Waals surface area contributed by atoms with Crippen molar-refractivity contribution in [3.8, 4) is 0 Å². The third-order valence-corrected chi connectivity index (χ3v) is 6.08. The quantitative estimate of drug-likeness (QED) is 0.657. The Morgan fingerprint density at radius 3 is 2.59 bits per heavy atom. The molecular weight excluding hydrogens is 386 g/mol. The Labute approximate surface area is 171 Å². The number of benzene rings is 3. The second-order valence-electron chi connectivity index (χ2n) is 6.75. The Hall–Kier alpha value is -3.25. The summed E-state index contributed by atoms with van der Waals surface area (Å²) in [6.45, 7) is 0. The molecule has 0 bridgehead atoms. The molecule has 0 spiro atoms. The summed E-state index contributed by atoms with van der Waals surface area (Å²) in [5, 5.41) is 2.80. The second kappa shape index (κ2) is 8.41. The van der Waals surface area contributed by atoms with Gasteiger partial charge in [-0.25, -0.2) is 4.79 Å². The minimum Gasteiger partial charge on any atom is -0.448 e. The minimum absolute atomic E-state index is 0.339. The zero-order chi connectivity index (χ0) is 20.2. The number of amides is 1. The van der Waals surface area contributed by atoms with E-state index in [2.05, 4.69) is 5.32 Å². The molecule has 6 heteroatoms. The van der Waals surface area contributed by atoms with E-state index in [1.807, 2.05) is 48.5 Å². The second-order valence-corrected chi connectivity index (χ2v) is 8.20. The van der Waals surface area contributed by atoms with Crippen LogP contribution in [-0.4, -0.2) is 22.2 Å². The zero-order valence-corrected chi connectivity index (χ0v) is 16.4. The molecule has 0 aromatic heterocycles. The van der Waals surface area contributed by atoms with Gasteiger partial charge < -0.3 is 10.1 Å². The van der Waals surface area contributed by atoms with Crippen LogP contribution in [0.15, 0.2) is 83.8 Å². The van der Waals surface area contributed by atoms with E-state index in [0.29, 0.717) is 23.4 Å². The molecule has 0 unspecified atom stereocenters. The van der Waals surface area contributed by atoms with Gasteiger partial charge in [0.1, 0.15) is 0 Å². The van der Waals surface area contributed by atoms with E-state index >= 15 is 0 Å². The van der Waals surface area contributed by atoms with Crippen molar-refractivity contribution in [2.45, 2.75) is 23.2 Å². The standard InChI is InChI=1S/C23H19NO4S/c25-22(21-14-17-8-4-5-12-20(17)23(26)28-21)24-18-9-6-7-16(13-18)15-29(27)19-10-2-1-3-11-19/h1-13,21H,14-15H2,(H,24,25)/t21-,29-/m1/s1. The fraction of sp³-hybridized carbons (Fsp3) is 0.130. The first-order valence-corrected chi connectivity index (χ1v) is 10.5. The molecule has 29 heavy (non-hydrogen) atoms. The van der Waals surface area contributed by atoms with Crippen LogP contribution in [-0.2, 0) is 32.5 Å². The van der Waals surface area contributed by atoms with E-state index in [1.54, 1.807) is 30.3 Å². The molecule has 146 valence electrons. The maximum absolute atomic E-state index is 12.6. The number of rotatable bonds is 5. The van der Waals surface area contributed by atoms with Crippen molar-refractivity contribution in [2.75, 3.05) is 5.32 Å². The summed E-state index contributed by atoms with van der Waals surface area (Å²) in [5.41, 5.74) is 2.72. The Morgan fingerprint density at radius 1 is 1.00 bits per heavy atom. The first-order valence-electron chi connectivity index (χ1n) is 9.22. The van der Waals surface area contributed by atoms with Crippen LogP contribution in [0.3, 0.4) is 0 Å². The van der Waals surface area contributed by atoms with Crippen LogP contribution in [0.4, 0.5) is 5.69 Å². The van der Waals surface area contributed by atoms with Crippen LogP contribution in [0.25, 0.3) is 0 Å². The van der Waals surface area contributed by atoms with E-state index in [1.165, 1.54) is 0 Å². The monoisotopic (exact) mass is 405 g/mol. The summed E-state index contributed by atoms with van der Waals surface area (Å²) >= 11 is 0. The number of carbonyl (C=O) groups excluding carboxylic acids is 2. The molecule has 0 radical (unpaired) electrons. The van der Waals surface area contributed by atoms with Crippen molar-refractivity contribution in [1.29, 1.82) is 0 Å². The van der Waals surface area contributed by atoms with Gasteiger partial charge >= 0.3 is 5.97 Å². The fourth-order valence-electron chi connectivity index (χ4n) is 3.25. The highest BCUT2D eigenvalue weighted by molar-refractivity contribution is 7.84. The summed E-state index contributed by atoms with van der Waals surface area (Å²) in [7, 11) is -1.17. The molecule has 0 fully saturated rings. The van der Waals surface area contributed by atoms with Gasteiger partial charge in [0.05, 0.1) is 22.1 Å². The number of nitrogens with one attached hydrogen (secondary N) is 1. The molecule has 4 rings (SSSR count). The molecule has 2 atom stereocenters. The van der Waals surface area contributed by atoms with Gasteiger partial charge in [0.2, 0.25) is 0 Å². The van der Waals surface area contributed by atoms with Crippen LogP contribution in [0, 0.1) is 0 Å². The van der Waals surface area contributed by atoms with Crippen LogP contribution in [0.1, 0.15) is 21.5 Å². The van der Waals surface area contributed by atoms with Gasteiger partial charge in [-0.1, -0.05) is 48.5 Å². The van der Waals surface area contributed by atoms with Crippen LogP contribution < -0.4 is 5.32 Å². The lowest BCUT2D eigenvalue weighted by molar-refractivity contribution is -0.125. The fourth-order valence-corrected chi connectivity index (χ4v) is 4.36. The third-order valence-electron chi connectivity index (χ3n) is 4.68. The van der Waals surface area contributed by atoms with Crippen molar-refractivity contribution in [3.63, 3.8) is 0 Å². The molecule has 3 aromatic carbocycles. The van der Waals surface area contributed by atoms with Crippen LogP contribution in [0.2, 0.25) is 0 Å². The number of ether oxygens (including phenoxy) is 1. The van der Waals surface area contributed by atoms with Gasteiger partial charge in [0.15, 0.2) is 6.10 Å². The molecular formula is C23H19NO4S. The topological polar surface area (TPSA) is 72.5 Å². The highest BCUT2D eigenvalue weighted by Gasteiger charge is 2.31. The van der Waals surface area contributed by atoms with Crippen molar-refractivity contribution < 1.29 is 18.5 Å². The van der Waals surface area contributed by atoms with E-state index in [9.17, 15) is 13.8 Å². The number of fused-ring (bicyclic) bond motifs is 1. The smallest absolute Gasteiger partial charge is 0.339 e. The van der Waals surface area contributed by atoms with Crippen LogP contribution in [0.5, 0.6) is 0 Å². The summed E-state index contributed by atoms with van der Waals surface area (Å²) in [5.74, 6) is -0.521. The number of carbonyl (C=O) groups is 2. The van der Waals surface area contributed by atoms with Gasteiger partial charge in [-0.3, -0.25) is 9.00 Å². The Morgan fingerprint density at radius 2 is 1.76 bits per heavy atom. The average molecular weight is 405 g/mol. The Kier molecular flexibility index (Phi) is 5.53. The number of hydrogen-bond donors (Lipinski definition) is 1. The van der Waals surface area contributed by atoms with Gasteiger partial charge in [-0.2, -0.15) is 0 Å². The average Bonchev–Trinajstić information content (AvgIpc) is 2.74. The summed E-state index contributed by atoms with van der Waals surface area (Å²) in [6, 6.07) is 23.6. The summed E-state index contributed by atoms with van der Waals surface area (Å²) in [4.78, 5) is 25.5. The highest BCUT2D eigenvalue weighted by atomic mass is 32.2. The number of hydrogen-bond acceptors (Lipinski definition) is 4. The predicted molar refractivity (Wildman–Crippen MR) is 111 cm³/mol. The molecule has 5 nitrogen and oxygen atoms in total. The molecule has 0 aliphatic carbocycles. The minimum atomic E-state index is -1.17.